The van der Waals surface area contributed by atoms with Gasteiger partial charge in [-0.2, -0.15) is 0 Å². The fourth-order valence-corrected chi connectivity index (χ4v) is 2.92. The molecule has 0 radical (unpaired) electrons. The van der Waals surface area contributed by atoms with E-state index in [9.17, 15) is 4.79 Å². The monoisotopic (exact) mass is 272 g/mol. The number of carbonyl (C=O) groups is 1. The third-order valence-corrected chi connectivity index (χ3v) is 3.88. The van der Waals surface area contributed by atoms with Crippen LogP contribution in [0.3, 0.4) is 0 Å². The predicted octanol–water partition coefficient (Wildman–Crippen LogP) is 3.75. The van der Waals surface area contributed by atoms with E-state index in [1.165, 1.54) is 24.5 Å². The number of aliphatic imine (C=N–C) groups is 1. The van der Waals surface area contributed by atoms with E-state index in [-0.39, 0.29) is 5.91 Å². The predicted molar refractivity (Wildman–Crippen MR) is 83.4 cm³/mol. The van der Waals surface area contributed by atoms with Gasteiger partial charge in [0, 0.05) is 25.5 Å². The SMILES string of the molecule is CCCC1=CC(C)C(C2=CN=C(NC(C)=O)CC2)C=C1. The van der Waals surface area contributed by atoms with Crippen LogP contribution in [0.2, 0.25) is 0 Å². The van der Waals surface area contributed by atoms with Crippen LogP contribution in [0.15, 0.2) is 40.6 Å². The van der Waals surface area contributed by atoms with Crippen molar-refractivity contribution in [3.63, 3.8) is 0 Å². The van der Waals surface area contributed by atoms with Gasteiger partial charge in [-0.15, -0.1) is 0 Å². The summed E-state index contributed by atoms with van der Waals surface area (Å²) in [4.78, 5) is 15.4. The lowest BCUT2D eigenvalue weighted by molar-refractivity contribution is -0.117. The van der Waals surface area contributed by atoms with Gasteiger partial charge in [0.2, 0.25) is 5.91 Å². The van der Waals surface area contributed by atoms with Crippen molar-refractivity contribution in [3.8, 4) is 0 Å². The molecule has 0 bridgehead atoms. The molecule has 3 nitrogen and oxygen atoms in total. The highest BCUT2D eigenvalue weighted by molar-refractivity contribution is 5.97. The maximum absolute atomic E-state index is 11.0. The van der Waals surface area contributed by atoms with Crippen molar-refractivity contribution < 1.29 is 4.79 Å². The Kier molecular flexibility index (Phi) is 4.94. The Hall–Kier alpha value is -1.64. The molecule has 1 aliphatic heterocycles. The van der Waals surface area contributed by atoms with Crippen molar-refractivity contribution in [1.29, 1.82) is 0 Å². The fourth-order valence-electron chi connectivity index (χ4n) is 2.92. The smallest absolute Gasteiger partial charge is 0.222 e. The molecule has 1 amide bonds. The van der Waals surface area contributed by atoms with E-state index in [4.69, 9.17) is 0 Å². The van der Waals surface area contributed by atoms with Crippen LogP contribution >= 0.6 is 0 Å². The summed E-state index contributed by atoms with van der Waals surface area (Å²) in [7, 11) is 0. The summed E-state index contributed by atoms with van der Waals surface area (Å²) in [5.41, 5.74) is 2.82. The Morgan fingerprint density at radius 3 is 2.80 bits per heavy atom. The Morgan fingerprint density at radius 1 is 1.45 bits per heavy atom. The summed E-state index contributed by atoms with van der Waals surface area (Å²) >= 11 is 0. The molecule has 2 atom stereocenters. The molecule has 108 valence electrons. The van der Waals surface area contributed by atoms with Gasteiger partial charge in [-0.05, 0) is 24.3 Å². The second-order valence-corrected chi connectivity index (χ2v) is 5.70. The molecule has 1 heterocycles. The van der Waals surface area contributed by atoms with Gasteiger partial charge in [0.05, 0.1) is 0 Å². The number of nitrogens with zero attached hydrogens (tertiary/aromatic N) is 1. The van der Waals surface area contributed by atoms with Crippen LogP contribution in [0.5, 0.6) is 0 Å². The summed E-state index contributed by atoms with van der Waals surface area (Å²) in [5.74, 6) is 1.73. The first-order valence-corrected chi connectivity index (χ1v) is 7.52. The summed E-state index contributed by atoms with van der Waals surface area (Å²) < 4.78 is 0. The highest BCUT2D eigenvalue weighted by Gasteiger charge is 2.22. The van der Waals surface area contributed by atoms with Crippen LogP contribution in [-0.2, 0) is 4.79 Å². The number of amides is 1. The van der Waals surface area contributed by atoms with Gasteiger partial charge in [-0.25, -0.2) is 4.99 Å². The minimum absolute atomic E-state index is 0.0429. The van der Waals surface area contributed by atoms with E-state index in [2.05, 4.69) is 42.4 Å². The molecule has 0 aromatic carbocycles. The van der Waals surface area contributed by atoms with Gasteiger partial charge in [0.1, 0.15) is 5.84 Å². The van der Waals surface area contributed by atoms with Crippen LogP contribution < -0.4 is 5.32 Å². The van der Waals surface area contributed by atoms with Crippen molar-refractivity contribution in [2.45, 2.75) is 46.5 Å². The van der Waals surface area contributed by atoms with Crippen molar-refractivity contribution >= 4 is 11.7 Å². The molecule has 0 saturated heterocycles. The van der Waals surface area contributed by atoms with Crippen LogP contribution in [0.25, 0.3) is 0 Å². The number of hydrogen-bond donors (Lipinski definition) is 1. The molecule has 20 heavy (non-hydrogen) atoms. The third-order valence-electron chi connectivity index (χ3n) is 3.88. The van der Waals surface area contributed by atoms with Gasteiger partial charge >= 0.3 is 0 Å². The summed E-state index contributed by atoms with van der Waals surface area (Å²) in [6, 6.07) is 0. The zero-order valence-electron chi connectivity index (χ0n) is 12.6. The highest BCUT2D eigenvalue weighted by Crippen LogP contribution is 2.33. The molecular weight excluding hydrogens is 248 g/mol. The van der Waals surface area contributed by atoms with Gasteiger partial charge in [0.15, 0.2) is 0 Å². The van der Waals surface area contributed by atoms with Crippen molar-refractivity contribution in [2.75, 3.05) is 0 Å². The summed E-state index contributed by atoms with van der Waals surface area (Å²) in [6.07, 6.45) is 13.1. The number of carbonyl (C=O) groups excluding carboxylic acids is 1. The zero-order chi connectivity index (χ0) is 14.5. The maximum atomic E-state index is 11.0. The summed E-state index contributed by atoms with van der Waals surface area (Å²) in [5, 5.41) is 2.78. The molecule has 1 aliphatic carbocycles. The van der Waals surface area contributed by atoms with E-state index >= 15 is 0 Å². The minimum Gasteiger partial charge on any atom is -0.314 e. The Bertz CT molecular complexity index is 497. The molecule has 2 rings (SSSR count). The zero-order valence-corrected chi connectivity index (χ0v) is 12.6. The van der Waals surface area contributed by atoms with E-state index < -0.39 is 0 Å². The quantitative estimate of drug-likeness (QED) is 0.835. The molecule has 0 aromatic rings. The van der Waals surface area contributed by atoms with Crippen molar-refractivity contribution in [3.05, 3.63) is 35.6 Å². The first-order chi connectivity index (χ1) is 9.60. The molecule has 3 heteroatoms. The Labute approximate surface area is 121 Å². The van der Waals surface area contributed by atoms with E-state index in [1.54, 1.807) is 0 Å². The van der Waals surface area contributed by atoms with Crippen LogP contribution in [0.4, 0.5) is 0 Å². The molecular formula is C17H24N2O. The van der Waals surface area contributed by atoms with E-state index in [0.29, 0.717) is 11.8 Å². The van der Waals surface area contributed by atoms with Gasteiger partial charge < -0.3 is 5.32 Å². The number of amidine groups is 1. The molecule has 0 saturated carbocycles. The normalized spacial score (nSPS) is 25.6. The molecule has 0 aromatic heterocycles. The average molecular weight is 272 g/mol. The molecule has 1 N–H and O–H groups in total. The molecule has 0 spiro atoms. The van der Waals surface area contributed by atoms with Crippen molar-refractivity contribution in [1.82, 2.24) is 5.32 Å². The lowest BCUT2D eigenvalue weighted by Gasteiger charge is -2.27. The molecule has 2 unspecified atom stereocenters. The van der Waals surface area contributed by atoms with E-state index in [0.717, 1.165) is 25.1 Å². The summed E-state index contributed by atoms with van der Waals surface area (Å²) in [6.45, 7) is 6.01. The lowest BCUT2D eigenvalue weighted by Crippen LogP contribution is -2.29. The number of rotatable bonds is 3. The third kappa shape index (κ3) is 3.69. The van der Waals surface area contributed by atoms with Crippen LogP contribution in [-0.4, -0.2) is 11.7 Å². The second kappa shape index (κ2) is 6.69. The standard InChI is InChI=1S/C17H24N2O/c1-4-5-14-6-8-16(12(2)10-14)15-7-9-17(18-11-15)19-13(3)20/h6,8,10-12,16H,4-5,7,9H2,1-3H3,(H,18,19,20). The molecule has 2 aliphatic rings. The topological polar surface area (TPSA) is 41.5 Å². The van der Waals surface area contributed by atoms with Gasteiger partial charge in [0.25, 0.3) is 0 Å². The average Bonchev–Trinajstić information content (AvgIpc) is 2.40. The van der Waals surface area contributed by atoms with Crippen molar-refractivity contribution in [2.24, 2.45) is 16.8 Å². The lowest BCUT2D eigenvalue weighted by atomic mass is 9.79. The Balaban J connectivity index is 2.04. The van der Waals surface area contributed by atoms with Crippen LogP contribution in [0, 0.1) is 11.8 Å². The number of allylic oxidation sites excluding steroid dienone is 5. The minimum atomic E-state index is -0.0429. The molecule has 0 fully saturated rings. The second-order valence-electron chi connectivity index (χ2n) is 5.70. The van der Waals surface area contributed by atoms with Crippen LogP contribution in [0.1, 0.15) is 46.5 Å². The maximum Gasteiger partial charge on any atom is 0.222 e. The first-order valence-electron chi connectivity index (χ1n) is 7.52. The first kappa shape index (κ1) is 14.8. The van der Waals surface area contributed by atoms with Gasteiger partial charge in [-0.1, -0.05) is 44.1 Å². The fraction of sp³-hybridized carbons (Fsp3) is 0.529. The van der Waals surface area contributed by atoms with E-state index in [1.807, 2.05) is 6.20 Å². The highest BCUT2D eigenvalue weighted by atomic mass is 16.1. The Morgan fingerprint density at radius 2 is 2.25 bits per heavy atom. The number of nitrogens with one attached hydrogen (secondary N) is 1. The largest absolute Gasteiger partial charge is 0.314 e. The number of hydrogen-bond acceptors (Lipinski definition) is 2. The van der Waals surface area contributed by atoms with Gasteiger partial charge in [-0.3, -0.25) is 4.79 Å².